The van der Waals surface area contributed by atoms with Crippen molar-refractivity contribution < 1.29 is 5.11 Å². The van der Waals surface area contributed by atoms with Gasteiger partial charge < -0.3 is 10.4 Å². The molecule has 1 fully saturated rings. The number of β-amino-alcohol motifs (C(OH)–C–C–N with tert-alkyl or cyclic N) is 1. The van der Waals surface area contributed by atoms with Crippen LogP contribution in [0, 0.1) is 0 Å². The standard InChI is InChI=1S/C8H18N2O/c1-9-7-8-3-2-4-10(8)5-6-11/h8-9,11H,2-7H2,1H3. The van der Waals surface area contributed by atoms with E-state index < -0.39 is 0 Å². The summed E-state index contributed by atoms with van der Waals surface area (Å²) in [6, 6.07) is 0.659. The van der Waals surface area contributed by atoms with Crippen LogP contribution in [-0.4, -0.2) is 49.3 Å². The molecule has 3 nitrogen and oxygen atoms in total. The molecule has 1 heterocycles. The molecule has 1 aliphatic heterocycles. The van der Waals surface area contributed by atoms with Crippen molar-refractivity contribution in [1.29, 1.82) is 0 Å². The lowest BCUT2D eigenvalue weighted by atomic mass is 10.2. The Hall–Kier alpha value is -0.120. The molecule has 1 atom stereocenters. The van der Waals surface area contributed by atoms with Crippen molar-refractivity contribution in [3.63, 3.8) is 0 Å². The van der Waals surface area contributed by atoms with Crippen LogP contribution >= 0.6 is 0 Å². The maximum absolute atomic E-state index is 8.75. The van der Waals surface area contributed by atoms with Gasteiger partial charge in [0.05, 0.1) is 6.61 Å². The van der Waals surface area contributed by atoms with Gasteiger partial charge in [-0.15, -0.1) is 0 Å². The number of nitrogens with zero attached hydrogens (tertiary/aromatic N) is 1. The van der Waals surface area contributed by atoms with E-state index in [4.69, 9.17) is 5.11 Å². The molecule has 0 aromatic heterocycles. The fourth-order valence-electron chi connectivity index (χ4n) is 1.78. The number of rotatable bonds is 4. The molecule has 2 N–H and O–H groups in total. The van der Waals surface area contributed by atoms with Gasteiger partial charge in [0.2, 0.25) is 0 Å². The average Bonchev–Trinajstić information content (AvgIpc) is 2.39. The molecule has 1 unspecified atom stereocenters. The van der Waals surface area contributed by atoms with Crippen molar-refractivity contribution in [2.24, 2.45) is 0 Å². The number of likely N-dealkylation sites (N-methyl/N-ethyl adjacent to an activating group) is 1. The Labute approximate surface area is 68.4 Å². The van der Waals surface area contributed by atoms with Crippen molar-refractivity contribution in [2.75, 3.05) is 33.3 Å². The minimum Gasteiger partial charge on any atom is -0.395 e. The Morgan fingerprint density at radius 2 is 2.45 bits per heavy atom. The molecule has 0 saturated carbocycles. The third-order valence-corrected chi connectivity index (χ3v) is 2.33. The normalized spacial score (nSPS) is 26.2. The average molecular weight is 158 g/mol. The molecular weight excluding hydrogens is 140 g/mol. The van der Waals surface area contributed by atoms with E-state index in [-0.39, 0.29) is 0 Å². The van der Waals surface area contributed by atoms with Crippen LogP contribution in [0.25, 0.3) is 0 Å². The highest BCUT2D eigenvalue weighted by atomic mass is 16.3. The number of aliphatic hydroxyl groups excluding tert-OH is 1. The first-order valence-electron chi connectivity index (χ1n) is 4.38. The van der Waals surface area contributed by atoms with Gasteiger partial charge in [-0.2, -0.15) is 0 Å². The van der Waals surface area contributed by atoms with Crippen molar-refractivity contribution in [3.8, 4) is 0 Å². The molecule has 0 radical (unpaired) electrons. The molecule has 1 aliphatic rings. The highest BCUT2D eigenvalue weighted by molar-refractivity contribution is 4.79. The highest BCUT2D eigenvalue weighted by Crippen LogP contribution is 2.15. The largest absolute Gasteiger partial charge is 0.395 e. The summed E-state index contributed by atoms with van der Waals surface area (Å²) in [6.07, 6.45) is 2.56. The van der Waals surface area contributed by atoms with Gasteiger partial charge in [0, 0.05) is 19.1 Å². The maximum atomic E-state index is 8.75. The molecule has 0 bridgehead atoms. The Balaban J connectivity index is 2.25. The molecule has 11 heavy (non-hydrogen) atoms. The van der Waals surface area contributed by atoms with Gasteiger partial charge in [0.1, 0.15) is 0 Å². The van der Waals surface area contributed by atoms with E-state index in [2.05, 4.69) is 10.2 Å². The summed E-state index contributed by atoms with van der Waals surface area (Å²) in [4.78, 5) is 2.36. The molecule has 0 aromatic rings. The van der Waals surface area contributed by atoms with E-state index >= 15 is 0 Å². The summed E-state index contributed by atoms with van der Waals surface area (Å²) >= 11 is 0. The Kier molecular flexibility index (Phi) is 3.83. The van der Waals surface area contributed by atoms with Gasteiger partial charge in [0.15, 0.2) is 0 Å². The van der Waals surface area contributed by atoms with Crippen molar-refractivity contribution in [2.45, 2.75) is 18.9 Å². The zero-order chi connectivity index (χ0) is 8.10. The smallest absolute Gasteiger partial charge is 0.0558 e. The topological polar surface area (TPSA) is 35.5 Å². The van der Waals surface area contributed by atoms with Gasteiger partial charge in [-0.1, -0.05) is 0 Å². The Morgan fingerprint density at radius 1 is 1.64 bits per heavy atom. The molecular formula is C8H18N2O. The predicted molar refractivity (Wildman–Crippen MR) is 45.6 cm³/mol. The molecule has 66 valence electrons. The monoisotopic (exact) mass is 158 g/mol. The molecule has 0 aliphatic carbocycles. The van der Waals surface area contributed by atoms with Crippen LogP contribution in [0.1, 0.15) is 12.8 Å². The molecule has 0 aromatic carbocycles. The zero-order valence-corrected chi connectivity index (χ0v) is 7.21. The van der Waals surface area contributed by atoms with Crippen LogP contribution in [0.3, 0.4) is 0 Å². The second kappa shape index (κ2) is 4.70. The number of likely N-dealkylation sites (tertiary alicyclic amines) is 1. The third-order valence-electron chi connectivity index (χ3n) is 2.33. The van der Waals surface area contributed by atoms with Crippen molar-refractivity contribution >= 4 is 0 Å². The van der Waals surface area contributed by atoms with Crippen LogP contribution in [0.15, 0.2) is 0 Å². The van der Waals surface area contributed by atoms with Gasteiger partial charge in [-0.3, -0.25) is 4.90 Å². The van der Waals surface area contributed by atoms with Crippen LogP contribution in [0.4, 0.5) is 0 Å². The van der Waals surface area contributed by atoms with Gasteiger partial charge in [0.25, 0.3) is 0 Å². The fraction of sp³-hybridized carbons (Fsp3) is 1.00. The van der Waals surface area contributed by atoms with E-state index in [0.717, 1.165) is 19.6 Å². The van der Waals surface area contributed by atoms with Crippen molar-refractivity contribution in [3.05, 3.63) is 0 Å². The number of aliphatic hydroxyl groups is 1. The van der Waals surface area contributed by atoms with Crippen LogP contribution in [-0.2, 0) is 0 Å². The van der Waals surface area contributed by atoms with E-state index in [1.165, 1.54) is 12.8 Å². The van der Waals surface area contributed by atoms with Crippen LogP contribution in [0.2, 0.25) is 0 Å². The zero-order valence-electron chi connectivity index (χ0n) is 7.21. The number of nitrogens with one attached hydrogen (secondary N) is 1. The summed E-state index contributed by atoms with van der Waals surface area (Å²) in [5, 5.41) is 11.9. The lowest BCUT2D eigenvalue weighted by Crippen LogP contribution is -2.38. The molecule has 1 saturated heterocycles. The van der Waals surface area contributed by atoms with Crippen molar-refractivity contribution in [1.82, 2.24) is 10.2 Å². The Bertz CT molecular complexity index is 96.3. The van der Waals surface area contributed by atoms with E-state index in [0.29, 0.717) is 12.6 Å². The predicted octanol–water partition coefficient (Wildman–Crippen LogP) is -0.338. The first-order chi connectivity index (χ1) is 5.38. The number of hydrogen-bond acceptors (Lipinski definition) is 3. The summed E-state index contributed by atoms with van der Waals surface area (Å²) in [7, 11) is 1.98. The molecule has 1 rings (SSSR count). The summed E-state index contributed by atoms with van der Waals surface area (Å²) in [5.41, 5.74) is 0. The lowest BCUT2D eigenvalue weighted by molar-refractivity contribution is 0.184. The SMILES string of the molecule is CNCC1CCCN1CCO. The quantitative estimate of drug-likeness (QED) is 0.587. The third kappa shape index (κ3) is 2.43. The van der Waals surface area contributed by atoms with E-state index in [1.807, 2.05) is 7.05 Å². The second-order valence-electron chi connectivity index (χ2n) is 3.11. The summed E-state index contributed by atoms with van der Waals surface area (Å²) in [6.45, 7) is 3.35. The first-order valence-corrected chi connectivity index (χ1v) is 4.38. The fourth-order valence-corrected chi connectivity index (χ4v) is 1.78. The molecule has 3 heteroatoms. The summed E-state index contributed by atoms with van der Waals surface area (Å²) < 4.78 is 0. The number of hydrogen-bond donors (Lipinski definition) is 2. The van der Waals surface area contributed by atoms with Gasteiger partial charge in [-0.05, 0) is 26.4 Å². The minimum absolute atomic E-state index is 0.292. The first kappa shape index (κ1) is 8.97. The molecule has 0 amide bonds. The van der Waals surface area contributed by atoms with Gasteiger partial charge in [-0.25, -0.2) is 0 Å². The van der Waals surface area contributed by atoms with Crippen LogP contribution < -0.4 is 5.32 Å². The maximum Gasteiger partial charge on any atom is 0.0558 e. The molecule has 0 spiro atoms. The lowest BCUT2D eigenvalue weighted by Gasteiger charge is -2.22. The van der Waals surface area contributed by atoms with Gasteiger partial charge >= 0.3 is 0 Å². The van der Waals surface area contributed by atoms with E-state index in [9.17, 15) is 0 Å². The summed E-state index contributed by atoms with van der Waals surface area (Å²) in [5.74, 6) is 0. The second-order valence-corrected chi connectivity index (χ2v) is 3.11. The van der Waals surface area contributed by atoms with Crippen LogP contribution in [0.5, 0.6) is 0 Å². The Morgan fingerprint density at radius 3 is 3.09 bits per heavy atom. The minimum atomic E-state index is 0.292. The van der Waals surface area contributed by atoms with E-state index in [1.54, 1.807) is 0 Å². The highest BCUT2D eigenvalue weighted by Gasteiger charge is 2.22.